The van der Waals surface area contributed by atoms with E-state index in [4.69, 9.17) is 28.1 Å². The molecule has 0 radical (unpaired) electrons. The minimum absolute atomic E-state index is 0.0614. The average molecular weight is 614 g/mol. The quantitative estimate of drug-likeness (QED) is 0.278. The maximum Gasteiger partial charge on any atom is 0.413 e. The zero-order valence-corrected chi connectivity index (χ0v) is 28.7. The molecule has 0 aromatic heterocycles. The molecule has 2 saturated heterocycles. The average Bonchev–Trinajstić information content (AvgIpc) is 3.24. The summed E-state index contributed by atoms with van der Waals surface area (Å²) in [6, 6.07) is 15.7. The van der Waals surface area contributed by atoms with E-state index in [1.165, 1.54) is 0 Å². The van der Waals surface area contributed by atoms with E-state index >= 15 is 0 Å². The van der Waals surface area contributed by atoms with E-state index in [1.807, 2.05) is 77.1 Å². The molecule has 0 aliphatic carbocycles. The highest BCUT2D eigenvalue weighted by atomic mass is 28.4. The monoisotopic (exact) mass is 613 g/mol. The summed E-state index contributed by atoms with van der Waals surface area (Å²) in [7, 11) is -2.33. The van der Waals surface area contributed by atoms with Gasteiger partial charge in [0.1, 0.15) is 23.7 Å². The number of ether oxygens (including phenoxy) is 5. The molecule has 8 nitrogen and oxygen atoms in total. The van der Waals surface area contributed by atoms with Crippen LogP contribution in [0.1, 0.15) is 90.9 Å². The first-order valence-corrected chi connectivity index (χ1v) is 18.3. The van der Waals surface area contributed by atoms with Gasteiger partial charge in [-0.3, -0.25) is 4.90 Å². The lowest BCUT2D eigenvalue weighted by molar-refractivity contribution is -0.183. The Morgan fingerprint density at radius 3 is 2.28 bits per heavy atom. The number of benzene rings is 2. The Morgan fingerprint density at radius 1 is 1.02 bits per heavy atom. The molecule has 2 fully saturated rings. The predicted molar refractivity (Wildman–Crippen MR) is 169 cm³/mol. The summed E-state index contributed by atoms with van der Waals surface area (Å²) < 4.78 is 37.8. The molecule has 238 valence electrons. The summed E-state index contributed by atoms with van der Waals surface area (Å²) >= 11 is 0. The second-order valence-corrected chi connectivity index (χ2v) is 19.2. The zero-order chi connectivity index (χ0) is 31.6. The largest absolute Gasteiger partial charge is 0.488 e. The molecule has 2 aliphatic rings. The summed E-state index contributed by atoms with van der Waals surface area (Å²) in [5.41, 5.74) is 1.25. The minimum atomic E-state index is -2.33. The molecule has 2 aromatic carbocycles. The van der Waals surface area contributed by atoms with Gasteiger partial charge in [-0.1, -0.05) is 57.2 Å². The molecule has 0 saturated carbocycles. The molecule has 1 amide bonds. The number of nitrogens with zero attached hydrogens (tertiary/aromatic N) is 1. The number of hydrogen-bond acceptors (Lipinski definition) is 7. The van der Waals surface area contributed by atoms with Crippen LogP contribution in [0.2, 0.25) is 18.1 Å². The SMILES string of the molecule is CC(C)(C)OC(=O)N1[C@@H]([C@@H](O[Si](C)(C)C(C)(C)C)c2ccc(OCc3ccccc3)c(C3OCCCO3)c2)COC1(C)C. The van der Waals surface area contributed by atoms with Crippen LogP contribution in [0, 0.1) is 0 Å². The van der Waals surface area contributed by atoms with E-state index < -0.39 is 44.2 Å². The van der Waals surface area contributed by atoms with Crippen molar-refractivity contribution in [3.8, 4) is 5.75 Å². The number of carbonyl (C=O) groups excluding carboxylic acids is 1. The van der Waals surface area contributed by atoms with Gasteiger partial charge < -0.3 is 28.1 Å². The van der Waals surface area contributed by atoms with Gasteiger partial charge in [0.2, 0.25) is 0 Å². The Bertz CT molecular complexity index is 1230. The van der Waals surface area contributed by atoms with E-state index in [2.05, 4.69) is 39.9 Å². The van der Waals surface area contributed by atoms with Gasteiger partial charge in [0.15, 0.2) is 14.6 Å². The fraction of sp³-hybridized carbons (Fsp3) is 0.618. The van der Waals surface area contributed by atoms with Crippen LogP contribution in [0.15, 0.2) is 48.5 Å². The summed E-state index contributed by atoms with van der Waals surface area (Å²) in [5, 5.41) is -0.0614. The lowest BCUT2D eigenvalue weighted by atomic mass is 9.98. The van der Waals surface area contributed by atoms with Crippen LogP contribution in [0.4, 0.5) is 4.79 Å². The van der Waals surface area contributed by atoms with Crippen LogP contribution in [-0.2, 0) is 30.0 Å². The first-order valence-electron chi connectivity index (χ1n) is 15.4. The number of rotatable bonds is 8. The Labute approximate surface area is 259 Å². The number of hydrogen-bond donors (Lipinski definition) is 0. The summed E-state index contributed by atoms with van der Waals surface area (Å²) in [6.07, 6.45) is -0.634. The molecule has 2 atom stereocenters. The molecular weight excluding hydrogens is 562 g/mol. The minimum Gasteiger partial charge on any atom is -0.488 e. The summed E-state index contributed by atoms with van der Waals surface area (Å²) in [6.45, 7) is 22.5. The standard InChI is InChI=1S/C34H51NO7Si/c1-32(2,3)41-31(36)35-27(23-40-34(35,7)8)29(42-43(9,10)33(4,5)6)25-17-18-28(39-22-24-15-12-11-13-16-24)26(21-25)30-37-19-14-20-38-30/h11-13,15-18,21,27,29-30H,14,19-20,22-23H2,1-10H3/t27-,29+/m1/s1. The molecular formula is C34H51NO7Si. The van der Waals surface area contributed by atoms with Crippen LogP contribution in [0.3, 0.4) is 0 Å². The lowest BCUT2D eigenvalue weighted by Gasteiger charge is -2.43. The highest BCUT2D eigenvalue weighted by molar-refractivity contribution is 6.74. The van der Waals surface area contributed by atoms with Crippen LogP contribution >= 0.6 is 0 Å². The van der Waals surface area contributed by atoms with Crippen molar-refractivity contribution >= 4 is 14.4 Å². The molecule has 0 N–H and O–H groups in total. The Balaban J connectivity index is 1.78. The van der Waals surface area contributed by atoms with Gasteiger partial charge in [0.05, 0.1) is 37.5 Å². The summed E-state index contributed by atoms with van der Waals surface area (Å²) in [5.74, 6) is 0.692. The first-order chi connectivity index (χ1) is 20.0. The maximum absolute atomic E-state index is 13.7. The van der Waals surface area contributed by atoms with Crippen molar-refractivity contribution in [1.29, 1.82) is 0 Å². The molecule has 2 aliphatic heterocycles. The van der Waals surface area contributed by atoms with Gasteiger partial charge in [-0.15, -0.1) is 0 Å². The number of carbonyl (C=O) groups is 1. The van der Waals surface area contributed by atoms with Gasteiger partial charge >= 0.3 is 6.09 Å². The van der Waals surface area contributed by atoms with Gasteiger partial charge in [-0.05, 0) is 82.4 Å². The normalized spacial score (nSPS) is 20.6. The molecule has 0 spiro atoms. The highest BCUT2D eigenvalue weighted by Gasteiger charge is 2.51. The van der Waals surface area contributed by atoms with Crippen LogP contribution < -0.4 is 4.74 Å². The Kier molecular flexibility index (Phi) is 10.0. The molecule has 0 unspecified atom stereocenters. The Morgan fingerprint density at radius 2 is 1.67 bits per heavy atom. The van der Waals surface area contributed by atoms with E-state index in [-0.39, 0.29) is 5.04 Å². The third kappa shape index (κ3) is 8.19. The lowest BCUT2D eigenvalue weighted by Crippen LogP contribution is -2.53. The van der Waals surface area contributed by atoms with E-state index in [0.29, 0.717) is 32.2 Å². The molecule has 43 heavy (non-hydrogen) atoms. The summed E-state index contributed by atoms with van der Waals surface area (Å²) in [4.78, 5) is 15.4. The Hall–Kier alpha value is -2.43. The van der Waals surface area contributed by atoms with E-state index in [0.717, 1.165) is 23.1 Å². The third-order valence-corrected chi connectivity index (χ3v) is 12.8. The van der Waals surface area contributed by atoms with Crippen LogP contribution in [0.5, 0.6) is 5.75 Å². The van der Waals surface area contributed by atoms with Crippen LogP contribution in [0.25, 0.3) is 0 Å². The molecule has 2 aromatic rings. The fourth-order valence-electron chi connectivity index (χ4n) is 5.05. The zero-order valence-electron chi connectivity index (χ0n) is 27.7. The molecule has 2 heterocycles. The third-order valence-electron chi connectivity index (χ3n) is 8.37. The van der Waals surface area contributed by atoms with E-state index in [1.54, 1.807) is 4.90 Å². The van der Waals surface area contributed by atoms with E-state index in [9.17, 15) is 4.79 Å². The van der Waals surface area contributed by atoms with Crippen LogP contribution in [-0.4, -0.2) is 56.5 Å². The van der Waals surface area contributed by atoms with Gasteiger partial charge in [-0.25, -0.2) is 4.79 Å². The van der Waals surface area contributed by atoms with Gasteiger partial charge in [0, 0.05) is 0 Å². The molecule has 0 bridgehead atoms. The topological polar surface area (TPSA) is 75.7 Å². The van der Waals surface area contributed by atoms with Gasteiger partial charge in [0.25, 0.3) is 0 Å². The second-order valence-electron chi connectivity index (χ2n) is 14.5. The van der Waals surface area contributed by atoms with Crippen molar-refractivity contribution in [1.82, 2.24) is 4.90 Å². The van der Waals surface area contributed by atoms with Crippen molar-refractivity contribution in [2.45, 2.75) is 116 Å². The highest BCUT2D eigenvalue weighted by Crippen LogP contribution is 2.45. The molecule has 4 rings (SSSR count). The number of amides is 1. The van der Waals surface area contributed by atoms with Crippen molar-refractivity contribution in [2.75, 3.05) is 19.8 Å². The van der Waals surface area contributed by atoms with Gasteiger partial charge in [-0.2, -0.15) is 0 Å². The smallest absolute Gasteiger partial charge is 0.413 e. The first kappa shape index (κ1) is 33.5. The second kappa shape index (κ2) is 12.9. The van der Waals surface area contributed by atoms with Crippen molar-refractivity contribution in [2.24, 2.45) is 0 Å². The fourth-order valence-corrected chi connectivity index (χ4v) is 6.33. The van der Waals surface area contributed by atoms with Crippen molar-refractivity contribution < 1.29 is 32.9 Å². The maximum atomic E-state index is 13.7. The van der Waals surface area contributed by atoms with Crippen molar-refractivity contribution in [3.05, 3.63) is 65.2 Å². The molecule has 9 heteroatoms. The predicted octanol–water partition coefficient (Wildman–Crippen LogP) is 8.14. The van der Waals surface area contributed by atoms with Crippen molar-refractivity contribution in [3.63, 3.8) is 0 Å².